The highest BCUT2D eigenvalue weighted by molar-refractivity contribution is 6.11. The maximum absolute atomic E-state index is 13.6. The minimum Gasteiger partial charge on any atom is -0.289 e. The van der Waals surface area contributed by atoms with Gasteiger partial charge in [0.1, 0.15) is 0 Å². The summed E-state index contributed by atoms with van der Waals surface area (Å²) < 4.78 is 0. The van der Waals surface area contributed by atoms with Gasteiger partial charge >= 0.3 is 0 Å². The van der Waals surface area contributed by atoms with Crippen molar-refractivity contribution in [2.45, 2.75) is 64.2 Å². The van der Waals surface area contributed by atoms with E-state index in [1.807, 2.05) is 12.1 Å². The molecule has 1 nitrogen and oxygen atoms in total. The van der Waals surface area contributed by atoms with E-state index in [9.17, 15) is 4.79 Å². The monoisotopic (exact) mass is 346 g/mol. The Kier molecular flexibility index (Phi) is 4.98. The topological polar surface area (TPSA) is 17.1 Å². The lowest BCUT2D eigenvalue weighted by atomic mass is 9.81. The molecule has 0 heterocycles. The number of rotatable bonds is 4. The molecule has 2 aromatic carbocycles. The van der Waals surface area contributed by atoms with Gasteiger partial charge in [-0.25, -0.2) is 0 Å². The molecule has 0 radical (unpaired) electrons. The van der Waals surface area contributed by atoms with Gasteiger partial charge in [-0.2, -0.15) is 0 Å². The molecular formula is C25H30O. The summed E-state index contributed by atoms with van der Waals surface area (Å²) in [5, 5.41) is 0. The van der Waals surface area contributed by atoms with Gasteiger partial charge in [0.2, 0.25) is 0 Å². The molecule has 4 rings (SSSR count). The lowest BCUT2D eigenvalue weighted by molar-refractivity contribution is 0.103. The third-order valence-corrected chi connectivity index (χ3v) is 6.93. The van der Waals surface area contributed by atoms with Crippen LogP contribution < -0.4 is 0 Å². The fraction of sp³-hybridized carbons (Fsp3) is 0.480. The van der Waals surface area contributed by atoms with Gasteiger partial charge in [0.25, 0.3) is 0 Å². The van der Waals surface area contributed by atoms with Gasteiger partial charge < -0.3 is 0 Å². The number of hydrogen-bond acceptors (Lipinski definition) is 1. The molecule has 0 saturated heterocycles. The summed E-state index contributed by atoms with van der Waals surface area (Å²) in [5.74, 6) is 2.65. The highest BCUT2D eigenvalue weighted by Crippen LogP contribution is 2.43. The summed E-state index contributed by atoms with van der Waals surface area (Å²) in [6.45, 7) is 4.68. The molecule has 0 bridgehead atoms. The molecule has 4 atom stereocenters. The SMILES string of the molecule is C[C@@H]1CCC[C@H]1c1ccccc1C(=O)c1ccccc1[C@@H]1CCC[C@H]1C. The fourth-order valence-corrected chi connectivity index (χ4v) is 5.41. The minimum atomic E-state index is 0.231. The highest BCUT2D eigenvalue weighted by Gasteiger charge is 2.31. The second-order valence-electron chi connectivity index (χ2n) is 8.53. The van der Waals surface area contributed by atoms with Crippen LogP contribution in [0.3, 0.4) is 0 Å². The summed E-state index contributed by atoms with van der Waals surface area (Å²) in [5.41, 5.74) is 4.42. The van der Waals surface area contributed by atoms with Crippen molar-refractivity contribution in [3.05, 3.63) is 70.8 Å². The van der Waals surface area contributed by atoms with Crippen molar-refractivity contribution in [2.24, 2.45) is 11.8 Å². The zero-order valence-corrected chi connectivity index (χ0v) is 16.1. The molecule has 0 unspecified atom stereocenters. The van der Waals surface area contributed by atoms with Crippen molar-refractivity contribution in [2.75, 3.05) is 0 Å². The first-order valence-electron chi connectivity index (χ1n) is 10.4. The Bertz CT molecular complexity index is 725. The van der Waals surface area contributed by atoms with Crippen LogP contribution >= 0.6 is 0 Å². The zero-order valence-electron chi connectivity index (χ0n) is 16.1. The van der Waals surface area contributed by atoms with E-state index in [1.54, 1.807) is 0 Å². The number of carbonyl (C=O) groups excluding carboxylic acids is 1. The minimum absolute atomic E-state index is 0.231. The third kappa shape index (κ3) is 3.13. The van der Waals surface area contributed by atoms with E-state index in [4.69, 9.17) is 0 Å². The van der Waals surface area contributed by atoms with Crippen LogP contribution in [0.5, 0.6) is 0 Å². The van der Waals surface area contributed by atoms with Crippen LogP contribution in [0, 0.1) is 11.8 Å². The smallest absolute Gasteiger partial charge is 0.193 e. The van der Waals surface area contributed by atoms with Gasteiger partial charge in [-0.05, 0) is 47.6 Å². The second kappa shape index (κ2) is 7.39. The standard InChI is InChI=1S/C25H30O/c1-17-9-7-15-19(17)21-11-3-5-13-23(21)25(26)24-14-6-4-12-22(24)20-16-8-10-18(20)2/h3-6,11-14,17-20H,7-10,15-16H2,1-2H3/t17-,18-,19-,20-/m1/s1. The van der Waals surface area contributed by atoms with Crippen LogP contribution in [0.15, 0.2) is 48.5 Å². The van der Waals surface area contributed by atoms with Gasteiger partial charge in [0, 0.05) is 11.1 Å². The lowest BCUT2D eigenvalue weighted by Crippen LogP contribution is -2.14. The van der Waals surface area contributed by atoms with Crippen LogP contribution in [-0.2, 0) is 0 Å². The molecule has 0 N–H and O–H groups in total. The first-order valence-corrected chi connectivity index (χ1v) is 10.4. The van der Waals surface area contributed by atoms with E-state index < -0.39 is 0 Å². The molecular weight excluding hydrogens is 316 g/mol. The quantitative estimate of drug-likeness (QED) is 0.561. The van der Waals surface area contributed by atoms with Gasteiger partial charge in [-0.15, -0.1) is 0 Å². The third-order valence-electron chi connectivity index (χ3n) is 6.93. The van der Waals surface area contributed by atoms with Crippen molar-refractivity contribution in [1.29, 1.82) is 0 Å². The van der Waals surface area contributed by atoms with E-state index >= 15 is 0 Å². The van der Waals surface area contributed by atoms with Crippen LogP contribution in [-0.4, -0.2) is 5.78 Å². The second-order valence-corrected chi connectivity index (χ2v) is 8.53. The molecule has 0 amide bonds. The predicted octanol–water partition coefficient (Wildman–Crippen LogP) is 6.72. The van der Waals surface area contributed by atoms with E-state index in [0.29, 0.717) is 23.7 Å². The molecule has 2 aliphatic rings. The predicted molar refractivity (Wildman–Crippen MR) is 108 cm³/mol. The fourth-order valence-electron chi connectivity index (χ4n) is 5.41. The molecule has 1 heteroatoms. The van der Waals surface area contributed by atoms with Crippen LogP contribution in [0.4, 0.5) is 0 Å². The number of ketones is 1. The molecule has 0 aromatic heterocycles. The molecule has 2 fully saturated rings. The van der Waals surface area contributed by atoms with E-state index in [0.717, 1.165) is 11.1 Å². The Labute approximate surface area is 157 Å². The summed E-state index contributed by atoms with van der Waals surface area (Å²) in [6, 6.07) is 16.7. The highest BCUT2D eigenvalue weighted by atomic mass is 16.1. The molecule has 2 aliphatic carbocycles. The van der Waals surface area contributed by atoms with Crippen LogP contribution in [0.2, 0.25) is 0 Å². The largest absolute Gasteiger partial charge is 0.289 e. The summed E-state index contributed by atoms with van der Waals surface area (Å²) >= 11 is 0. The summed E-state index contributed by atoms with van der Waals surface area (Å²) in [7, 11) is 0. The average molecular weight is 347 g/mol. The summed E-state index contributed by atoms with van der Waals surface area (Å²) in [4.78, 5) is 13.6. The first-order chi connectivity index (χ1) is 12.7. The Morgan fingerprint density at radius 1 is 0.692 bits per heavy atom. The number of carbonyl (C=O) groups is 1. The summed E-state index contributed by atoms with van der Waals surface area (Å²) in [6.07, 6.45) is 7.56. The lowest BCUT2D eigenvalue weighted by Gasteiger charge is -2.22. The van der Waals surface area contributed by atoms with Crippen LogP contribution in [0.1, 0.15) is 91.3 Å². The molecule has 2 aromatic rings. The first kappa shape index (κ1) is 17.5. The zero-order chi connectivity index (χ0) is 18.1. The van der Waals surface area contributed by atoms with Crippen molar-refractivity contribution in [3.63, 3.8) is 0 Å². The van der Waals surface area contributed by atoms with Crippen molar-refractivity contribution < 1.29 is 4.79 Å². The maximum atomic E-state index is 13.6. The van der Waals surface area contributed by atoms with Gasteiger partial charge in [0.05, 0.1) is 0 Å². The molecule has 26 heavy (non-hydrogen) atoms. The molecule has 2 saturated carbocycles. The van der Waals surface area contributed by atoms with Crippen molar-refractivity contribution >= 4 is 5.78 Å². The number of hydrogen-bond donors (Lipinski definition) is 0. The average Bonchev–Trinajstić information content (AvgIpc) is 3.29. The maximum Gasteiger partial charge on any atom is 0.193 e. The Balaban J connectivity index is 1.74. The normalized spacial score (nSPS) is 28.4. The molecule has 0 spiro atoms. The Morgan fingerprint density at radius 3 is 1.50 bits per heavy atom. The Morgan fingerprint density at radius 2 is 1.12 bits per heavy atom. The molecule has 136 valence electrons. The Hall–Kier alpha value is -1.89. The van der Waals surface area contributed by atoms with E-state index in [1.165, 1.54) is 49.7 Å². The van der Waals surface area contributed by atoms with Gasteiger partial charge in [0.15, 0.2) is 5.78 Å². The van der Waals surface area contributed by atoms with E-state index in [-0.39, 0.29) is 5.78 Å². The number of benzene rings is 2. The van der Waals surface area contributed by atoms with Crippen LogP contribution in [0.25, 0.3) is 0 Å². The van der Waals surface area contributed by atoms with Gasteiger partial charge in [-0.3, -0.25) is 4.79 Å². The molecule has 0 aliphatic heterocycles. The van der Waals surface area contributed by atoms with Crippen molar-refractivity contribution in [1.82, 2.24) is 0 Å². The van der Waals surface area contributed by atoms with Crippen molar-refractivity contribution in [3.8, 4) is 0 Å². The van der Waals surface area contributed by atoms with Gasteiger partial charge in [-0.1, -0.05) is 88.1 Å². The van der Waals surface area contributed by atoms with E-state index in [2.05, 4.69) is 50.2 Å².